The molecule has 0 rings (SSSR count). The fourth-order valence-corrected chi connectivity index (χ4v) is 4.67. The van der Waals surface area contributed by atoms with Gasteiger partial charge in [-0.2, -0.15) is 0 Å². The second-order valence-corrected chi connectivity index (χ2v) is 12.2. The Hall–Kier alpha value is -0.560. The van der Waals surface area contributed by atoms with Crippen LogP contribution in [0.3, 0.4) is 0 Å². The van der Waals surface area contributed by atoms with Crippen LogP contribution in [0.15, 0.2) is 0 Å². The van der Waals surface area contributed by atoms with Gasteiger partial charge in [0.05, 0.1) is 172 Å². The smallest absolute Gasteiger partial charge is 0.0701 e. The van der Waals surface area contributed by atoms with Crippen molar-refractivity contribution in [3.8, 4) is 0 Å². The molecule has 0 heterocycles. The number of aliphatic hydroxyl groups excluding tert-OH is 1. The van der Waals surface area contributed by atoms with Crippen molar-refractivity contribution in [2.45, 2.75) is 77.6 Å². The molecule has 0 aliphatic rings. The lowest BCUT2D eigenvalue weighted by molar-refractivity contribution is -0.0292. The molecule has 320 valence electrons. The molecule has 53 heavy (non-hydrogen) atoms. The molecule has 0 bridgehead atoms. The van der Waals surface area contributed by atoms with Crippen molar-refractivity contribution in [1.82, 2.24) is 0 Å². The summed E-state index contributed by atoms with van der Waals surface area (Å²) in [5.74, 6) is 0. The van der Waals surface area contributed by atoms with E-state index in [4.69, 9.17) is 66.7 Å². The third-order valence-electron chi connectivity index (χ3n) is 7.59. The van der Waals surface area contributed by atoms with E-state index in [0.29, 0.717) is 165 Å². The minimum absolute atomic E-state index is 0.0257. The molecule has 0 amide bonds. The highest BCUT2D eigenvalue weighted by molar-refractivity contribution is 4.48. The van der Waals surface area contributed by atoms with Crippen LogP contribution in [0.1, 0.15) is 77.6 Å². The second-order valence-electron chi connectivity index (χ2n) is 12.2. The van der Waals surface area contributed by atoms with Crippen molar-refractivity contribution in [2.75, 3.05) is 178 Å². The summed E-state index contributed by atoms with van der Waals surface area (Å²) in [4.78, 5) is 0. The van der Waals surface area contributed by atoms with E-state index < -0.39 is 0 Å². The lowest BCUT2D eigenvalue weighted by Gasteiger charge is -2.09. The second kappa shape index (κ2) is 51.4. The Labute approximate surface area is 322 Å². The first-order chi connectivity index (χ1) is 26.4. The molecular formula is C39H80O14. The topological polar surface area (TPSA) is 140 Å². The van der Waals surface area contributed by atoms with Crippen LogP contribution in [0.4, 0.5) is 0 Å². The predicted octanol–water partition coefficient (Wildman–Crippen LogP) is 4.51. The van der Waals surface area contributed by atoms with Gasteiger partial charge in [-0.25, -0.2) is 0 Å². The minimum atomic E-state index is 0.0257. The molecule has 0 aliphatic carbocycles. The van der Waals surface area contributed by atoms with Gasteiger partial charge in [0.15, 0.2) is 0 Å². The maximum Gasteiger partial charge on any atom is 0.0701 e. The maximum atomic E-state index is 8.59. The SMILES string of the molecule is CCCCCCCCCCCCCOCCOCCOCCOCCOCCOCCOCCOCCOCCOCCOCCOCCOCCO. The zero-order valence-corrected chi connectivity index (χ0v) is 33.6. The van der Waals surface area contributed by atoms with E-state index in [1.807, 2.05) is 0 Å². The lowest BCUT2D eigenvalue weighted by atomic mass is 10.1. The number of hydrogen-bond donors (Lipinski definition) is 1. The van der Waals surface area contributed by atoms with Crippen LogP contribution in [0.5, 0.6) is 0 Å². The van der Waals surface area contributed by atoms with Gasteiger partial charge in [0, 0.05) is 6.61 Å². The molecule has 0 radical (unpaired) electrons. The van der Waals surface area contributed by atoms with E-state index in [0.717, 1.165) is 13.0 Å². The van der Waals surface area contributed by atoms with Gasteiger partial charge in [-0.05, 0) is 6.42 Å². The first kappa shape index (κ1) is 52.4. The average molecular weight is 773 g/mol. The maximum absolute atomic E-state index is 8.59. The van der Waals surface area contributed by atoms with Gasteiger partial charge in [-0.1, -0.05) is 71.1 Å². The fraction of sp³-hybridized carbons (Fsp3) is 1.00. The third kappa shape index (κ3) is 51.4. The van der Waals surface area contributed by atoms with E-state index in [2.05, 4.69) is 6.92 Å². The fourth-order valence-electron chi connectivity index (χ4n) is 4.67. The van der Waals surface area contributed by atoms with Crippen molar-refractivity contribution in [2.24, 2.45) is 0 Å². The van der Waals surface area contributed by atoms with Crippen molar-refractivity contribution < 1.29 is 66.7 Å². The Morgan fingerprint density at radius 2 is 0.377 bits per heavy atom. The molecular weight excluding hydrogens is 692 g/mol. The van der Waals surface area contributed by atoms with Gasteiger partial charge in [-0.15, -0.1) is 0 Å². The molecule has 0 aromatic rings. The van der Waals surface area contributed by atoms with E-state index in [-0.39, 0.29) is 6.61 Å². The van der Waals surface area contributed by atoms with Crippen LogP contribution in [0.2, 0.25) is 0 Å². The summed E-state index contributed by atoms with van der Waals surface area (Å²) in [6, 6.07) is 0. The van der Waals surface area contributed by atoms with Gasteiger partial charge in [0.1, 0.15) is 0 Å². The largest absolute Gasteiger partial charge is 0.394 e. The van der Waals surface area contributed by atoms with Crippen LogP contribution in [-0.2, 0) is 61.6 Å². The predicted molar refractivity (Wildman–Crippen MR) is 204 cm³/mol. The van der Waals surface area contributed by atoms with Gasteiger partial charge in [-0.3, -0.25) is 0 Å². The van der Waals surface area contributed by atoms with Gasteiger partial charge in [0.25, 0.3) is 0 Å². The number of unbranched alkanes of at least 4 members (excludes halogenated alkanes) is 10. The Bertz CT molecular complexity index is 573. The monoisotopic (exact) mass is 773 g/mol. The molecule has 0 aromatic carbocycles. The van der Waals surface area contributed by atoms with Crippen LogP contribution in [-0.4, -0.2) is 183 Å². The van der Waals surface area contributed by atoms with Crippen LogP contribution in [0, 0.1) is 0 Å². The van der Waals surface area contributed by atoms with Crippen molar-refractivity contribution >= 4 is 0 Å². The highest BCUT2D eigenvalue weighted by Crippen LogP contribution is 2.11. The summed E-state index contributed by atoms with van der Waals surface area (Å²) in [6.45, 7) is 16.0. The molecule has 0 saturated carbocycles. The average Bonchev–Trinajstić information content (AvgIpc) is 3.17. The van der Waals surface area contributed by atoms with Crippen molar-refractivity contribution in [3.05, 3.63) is 0 Å². The van der Waals surface area contributed by atoms with E-state index in [9.17, 15) is 0 Å². The molecule has 0 fully saturated rings. The molecule has 14 nitrogen and oxygen atoms in total. The molecule has 1 N–H and O–H groups in total. The van der Waals surface area contributed by atoms with Gasteiger partial charge < -0.3 is 66.7 Å². The molecule has 0 spiro atoms. The summed E-state index contributed by atoms with van der Waals surface area (Å²) in [7, 11) is 0. The van der Waals surface area contributed by atoms with Crippen LogP contribution < -0.4 is 0 Å². The van der Waals surface area contributed by atoms with Crippen LogP contribution in [0.25, 0.3) is 0 Å². The zero-order valence-electron chi connectivity index (χ0n) is 33.6. The van der Waals surface area contributed by atoms with Crippen molar-refractivity contribution in [3.63, 3.8) is 0 Å². The van der Waals surface area contributed by atoms with Gasteiger partial charge >= 0.3 is 0 Å². The number of hydrogen-bond acceptors (Lipinski definition) is 14. The quantitative estimate of drug-likeness (QED) is 0.0868. The summed E-state index contributed by atoms with van der Waals surface area (Å²) in [6.07, 6.45) is 14.8. The number of rotatable bonds is 50. The molecule has 0 saturated heterocycles. The highest BCUT2D eigenvalue weighted by atomic mass is 16.6. The molecule has 0 aliphatic heterocycles. The summed E-state index contributed by atoms with van der Waals surface area (Å²) in [5, 5.41) is 8.59. The van der Waals surface area contributed by atoms with Crippen molar-refractivity contribution in [1.29, 1.82) is 0 Å². The number of ether oxygens (including phenoxy) is 13. The Balaban J connectivity index is 3.05. The van der Waals surface area contributed by atoms with E-state index in [1.54, 1.807) is 0 Å². The number of aliphatic hydroxyl groups is 1. The summed E-state index contributed by atoms with van der Waals surface area (Å²) >= 11 is 0. The summed E-state index contributed by atoms with van der Waals surface area (Å²) in [5.41, 5.74) is 0. The first-order valence-corrected chi connectivity index (χ1v) is 20.5. The molecule has 0 unspecified atom stereocenters. The Morgan fingerprint density at radius 3 is 0.585 bits per heavy atom. The zero-order chi connectivity index (χ0) is 38.1. The third-order valence-corrected chi connectivity index (χ3v) is 7.59. The lowest BCUT2D eigenvalue weighted by Crippen LogP contribution is -2.15. The van der Waals surface area contributed by atoms with Gasteiger partial charge in [0.2, 0.25) is 0 Å². The minimum Gasteiger partial charge on any atom is -0.394 e. The van der Waals surface area contributed by atoms with E-state index in [1.165, 1.54) is 64.2 Å². The van der Waals surface area contributed by atoms with E-state index >= 15 is 0 Å². The standard InChI is InChI=1S/C39H80O14/c1-2-3-4-5-6-7-8-9-10-11-12-14-41-16-18-43-20-22-45-24-26-47-28-30-49-32-34-51-36-38-53-39-37-52-35-33-50-31-29-48-27-25-46-23-21-44-19-17-42-15-13-40/h40H,2-39H2,1H3. The highest BCUT2D eigenvalue weighted by Gasteiger charge is 1.98. The summed E-state index contributed by atoms with van der Waals surface area (Å²) < 4.78 is 71.0. The molecule has 0 atom stereocenters. The molecule has 0 aromatic heterocycles. The Morgan fingerprint density at radius 1 is 0.208 bits per heavy atom. The normalized spacial score (nSPS) is 11.7. The molecule has 14 heteroatoms. The Kier molecular flexibility index (Phi) is 50.9. The van der Waals surface area contributed by atoms with Crippen LogP contribution >= 0.6 is 0 Å². The first-order valence-electron chi connectivity index (χ1n) is 20.5.